The zero-order valence-corrected chi connectivity index (χ0v) is 13.7. The molecule has 0 unspecified atom stereocenters. The lowest BCUT2D eigenvalue weighted by Crippen LogP contribution is -2.42. The van der Waals surface area contributed by atoms with Crippen molar-refractivity contribution in [3.05, 3.63) is 84.7 Å². The second kappa shape index (κ2) is 6.16. The van der Waals surface area contributed by atoms with E-state index in [-0.39, 0.29) is 5.91 Å². The van der Waals surface area contributed by atoms with Crippen LogP contribution in [-0.2, 0) is 4.79 Å². The van der Waals surface area contributed by atoms with Gasteiger partial charge < -0.3 is 0 Å². The molecule has 6 heteroatoms. The standard InChI is InChI=1S/C19H17N5O/c1-15(25)20-23-13-12-22-19(21-23)14-18(16-8-4-2-5-9-16)24(22)17-10-6-3-7-11-17/h2-14H,1H3,(H,20,25). The third-order valence-electron chi connectivity index (χ3n) is 3.85. The predicted octanol–water partition coefficient (Wildman–Crippen LogP) is 2.92. The summed E-state index contributed by atoms with van der Waals surface area (Å²) in [6, 6.07) is 20.2. The van der Waals surface area contributed by atoms with E-state index in [1.807, 2.05) is 65.8 Å². The number of carbonyl (C=O) groups is 1. The Bertz CT molecular complexity index is 873. The Balaban J connectivity index is 1.77. The molecular weight excluding hydrogens is 314 g/mol. The van der Waals surface area contributed by atoms with Crippen LogP contribution in [0.5, 0.6) is 0 Å². The van der Waals surface area contributed by atoms with Gasteiger partial charge in [-0.15, -0.1) is 5.10 Å². The van der Waals surface area contributed by atoms with Gasteiger partial charge in [0.05, 0.1) is 17.6 Å². The molecular formula is C19H17N5O. The molecule has 0 saturated carbocycles. The first-order valence-electron chi connectivity index (χ1n) is 7.97. The minimum absolute atomic E-state index is 0.173. The van der Waals surface area contributed by atoms with E-state index in [0.717, 1.165) is 22.8 Å². The summed E-state index contributed by atoms with van der Waals surface area (Å²) in [6.07, 6.45) is 5.58. The van der Waals surface area contributed by atoms with Crippen molar-refractivity contribution in [2.45, 2.75) is 6.92 Å². The fourth-order valence-electron chi connectivity index (χ4n) is 2.83. The van der Waals surface area contributed by atoms with E-state index >= 15 is 0 Å². The lowest BCUT2D eigenvalue weighted by Gasteiger charge is -2.33. The van der Waals surface area contributed by atoms with Crippen molar-refractivity contribution in [2.24, 2.45) is 5.10 Å². The molecule has 0 aromatic heterocycles. The second-order valence-corrected chi connectivity index (χ2v) is 5.66. The average Bonchev–Trinajstić information content (AvgIpc) is 3.01. The number of fused-ring (bicyclic) bond motifs is 1. The van der Waals surface area contributed by atoms with Gasteiger partial charge in [-0.3, -0.25) is 4.79 Å². The number of benzene rings is 2. The molecule has 1 N–H and O–H groups in total. The smallest absolute Gasteiger partial charge is 0.236 e. The summed E-state index contributed by atoms with van der Waals surface area (Å²) in [5.41, 5.74) is 5.78. The molecule has 0 spiro atoms. The fourth-order valence-corrected chi connectivity index (χ4v) is 2.83. The summed E-state index contributed by atoms with van der Waals surface area (Å²) in [5.74, 6) is 0.548. The van der Waals surface area contributed by atoms with Crippen molar-refractivity contribution in [2.75, 3.05) is 5.01 Å². The second-order valence-electron chi connectivity index (χ2n) is 5.66. The number of nitrogens with zero attached hydrogens (tertiary/aromatic N) is 4. The summed E-state index contributed by atoms with van der Waals surface area (Å²) < 4.78 is 0. The van der Waals surface area contributed by atoms with Gasteiger partial charge in [0.25, 0.3) is 0 Å². The molecule has 0 radical (unpaired) electrons. The third-order valence-corrected chi connectivity index (χ3v) is 3.85. The first-order valence-corrected chi connectivity index (χ1v) is 7.97. The number of hydrogen-bond donors (Lipinski definition) is 1. The van der Waals surface area contributed by atoms with Crippen LogP contribution in [-0.4, -0.2) is 21.9 Å². The maximum atomic E-state index is 11.3. The Morgan fingerprint density at radius 3 is 2.32 bits per heavy atom. The Kier molecular flexibility index (Phi) is 3.70. The lowest BCUT2D eigenvalue weighted by atomic mass is 10.1. The third kappa shape index (κ3) is 2.85. The van der Waals surface area contributed by atoms with Crippen molar-refractivity contribution in [1.82, 2.24) is 15.6 Å². The van der Waals surface area contributed by atoms with Crippen LogP contribution in [0.25, 0.3) is 5.70 Å². The minimum atomic E-state index is -0.173. The van der Waals surface area contributed by atoms with Gasteiger partial charge in [-0.2, -0.15) is 5.12 Å². The minimum Gasteiger partial charge on any atom is -0.274 e. The number of nitrogens with one attached hydrogen (secondary N) is 1. The summed E-state index contributed by atoms with van der Waals surface area (Å²) in [6.45, 7) is 1.45. The highest BCUT2D eigenvalue weighted by Crippen LogP contribution is 2.34. The highest BCUT2D eigenvalue weighted by atomic mass is 16.2. The number of hydrazone groups is 1. The molecule has 25 heavy (non-hydrogen) atoms. The number of carbonyl (C=O) groups excluding carboxylic acids is 1. The van der Waals surface area contributed by atoms with E-state index in [4.69, 9.17) is 0 Å². The zero-order chi connectivity index (χ0) is 17.2. The number of amides is 1. The Labute approximate surface area is 145 Å². The number of amidine groups is 1. The average molecular weight is 331 g/mol. The van der Waals surface area contributed by atoms with Gasteiger partial charge in [0.2, 0.25) is 5.91 Å². The van der Waals surface area contributed by atoms with Crippen LogP contribution >= 0.6 is 0 Å². The van der Waals surface area contributed by atoms with Crippen molar-refractivity contribution < 1.29 is 4.79 Å². The summed E-state index contributed by atoms with van der Waals surface area (Å²) in [7, 11) is 0. The SMILES string of the molecule is CC(=O)NN1C=CN2C(=N1)C=C(c1ccccc1)N2c1ccccc1. The van der Waals surface area contributed by atoms with Gasteiger partial charge in [-0.05, 0) is 12.1 Å². The highest BCUT2D eigenvalue weighted by molar-refractivity contribution is 6.08. The van der Waals surface area contributed by atoms with Crippen molar-refractivity contribution in [1.29, 1.82) is 0 Å². The maximum Gasteiger partial charge on any atom is 0.236 e. The topological polar surface area (TPSA) is 51.2 Å². The molecule has 2 aromatic rings. The van der Waals surface area contributed by atoms with Gasteiger partial charge in [0.1, 0.15) is 0 Å². The highest BCUT2D eigenvalue weighted by Gasteiger charge is 2.31. The first-order chi connectivity index (χ1) is 12.2. The number of anilines is 1. The number of para-hydroxylation sites is 1. The molecule has 2 aliphatic heterocycles. The van der Waals surface area contributed by atoms with Gasteiger partial charge in [0, 0.05) is 24.8 Å². The van der Waals surface area contributed by atoms with Crippen LogP contribution in [0.1, 0.15) is 12.5 Å². The van der Waals surface area contributed by atoms with Gasteiger partial charge in [-0.25, -0.2) is 15.4 Å². The number of hydrogen-bond acceptors (Lipinski definition) is 5. The molecule has 6 nitrogen and oxygen atoms in total. The van der Waals surface area contributed by atoms with Crippen LogP contribution in [0.2, 0.25) is 0 Å². The van der Waals surface area contributed by atoms with E-state index in [0.29, 0.717) is 0 Å². The summed E-state index contributed by atoms with van der Waals surface area (Å²) >= 11 is 0. The van der Waals surface area contributed by atoms with Gasteiger partial charge in [-0.1, -0.05) is 48.5 Å². The van der Waals surface area contributed by atoms with Crippen LogP contribution in [0.4, 0.5) is 5.69 Å². The Morgan fingerprint density at radius 1 is 0.960 bits per heavy atom. The van der Waals surface area contributed by atoms with Crippen LogP contribution < -0.4 is 10.4 Å². The van der Waals surface area contributed by atoms with E-state index in [9.17, 15) is 4.79 Å². The summed E-state index contributed by atoms with van der Waals surface area (Å²) in [4.78, 5) is 11.3. The number of hydrazine groups is 2. The predicted molar refractivity (Wildman–Crippen MR) is 97.4 cm³/mol. The van der Waals surface area contributed by atoms with Crippen molar-refractivity contribution in [3.63, 3.8) is 0 Å². The molecule has 4 rings (SSSR count). The molecule has 0 fully saturated rings. The molecule has 1 amide bonds. The first kappa shape index (κ1) is 15.0. The van der Waals surface area contributed by atoms with Crippen LogP contribution in [0, 0.1) is 0 Å². The molecule has 124 valence electrons. The van der Waals surface area contributed by atoms with Crippen molar-refractivity contribution >= 4 is 23.1 Å². The van der Waals surface area contributed by atoms with E-state index < -0.39 is 0 Å². The summed E-state index contributed by atoms with van der Waals surface area (Å²) in [5, 5.41) is 9.94. The Morgan fingerprint density at radius 2 is 1.64 bits per heavy atom. The lowest BCUT2D eigenvalue weighted by molar-refractivity contribution is -0.122. The zero-order valence-electron chi connectivity index (χ0n) is 13.7. The molecule has 2 heterocycles. The molecule has 2 aromatic carbocycles. The quantitative estimate of drug-likeness (QED) is 0.939. The normalized spacial score (nSPS) is 15.6. The number of rotatable bonds is 3. The molecule has 0 aliphatic carbocycles. The van der Waals surface area contributed by atoms with Gasteiger partial charge in [0.15, 0.2) is 5.84 Å². The fraction of sp³-hybridized carbons (Fsp3) is 0.0526. The molecule has 0 atom stereocenters. The molecule has 0 saturated heterocycles. The van der Waals surface area contributed by atoms with E-state index in [1.54, 1.807) is 6.20 Å². The Hall–Kier alpha value is -3.54. The molecule has 2 aliphatic rings. The monoisotopic (exact) mass is 331 g/mol. The maximum absolute atomic E-state index is 11.3. The largest absolute Gasteiger partial charge is 0.274 e. The van der Waals surface area contributed by atoms with Crippen LogP contribution in [0.15, 0.2) is 84.2 Å². The van der Waals surface area contributed by atoms with Crippen LogP contribution in [0.3, 0.4) is 0 Å². The van der Waals surface area contributed by atoms with Gasteiger partial charge >= 0.3 is 0 Å². The van der Waals surface area contributed by atoms with Crippen molar-refractivity contribution in [3.8, 4) is 0 Å². The van der Waals surface area contributed by atoms with E-state index in [1.165, 1.54) is 12.0 Å². The van der Waals surface area contributed by atoms with E-state index in [2.05, 4.69) is 27.7 Å². The molecule has 0 bridgehead atoms.